The quantitative estimate of drug-likeness (QED) is 0.278. The molecule has 0 aliphatic carbocycles. The average molecular weight is 463 g/mol. The number of thiophene rings is 2. The number of hydrogen-bond donors (Lipinski definition) is 1. The Hall–Kier alpha value is -1.21. The van der Waals surface area contributed by atoms with Gasteiger partial charge in [0.05, 0.1) is 19.6 Å². The number of hydrogen-bond acceptors (Lipinski definition) is 5. The van der Waals surface area contributed by atoms with Crippen LogP contribution in [0.1, 0.15) is 61.6 Å². The number of fused-ring (bicyclic) bond motifs is 3. The molecule has 2 aromatic rings. The van der Waals surface area contributed by atoms with Gasteiger partial charge in [0.1, 0.15) is 6.54 Å². The lowest BCUT2D eigenvalue weighted by atomic mass is 9.82. The predicted molar refractivity (Wildman–Crippen MR) is 127 cm³/mol. The van der Waals surface area contributed by atoms with Crippen LogP contribution >= 0.6 is 22.7 Å². The van der Waals surface area contributed by atoms with Gasteiger partial charge in [0.25, 0.3) is 0 Å². The van der Waals surface area contributed by atoms with Gasteiger partial charge in [-0.2, -0.15) is 0 Å². The third-order valence-corrected chi connectivity index (χ3v) is 9.30. The van der Waals surface area contributed by atoms with E-state index in [9.17, 15) is 9.90 Å². The Morgan fingerprint density at radius 1 is 1.16 bits per heavy atom. The number of aliphatic hydroxyl groups is 1. The Morgan fingerprint density at radius 2 is 1.94 bits per heavy atom. The van der Waals surface area contributed by atoms with E-state index >= 15 is 0 Å². The fourth-order valence-electron chi connectivity index (χ4n) is 5.42. The van der Waals surface area contributed by atoms with Crippen molar-refractivity contribution in [2.75, 3.05) is 26.2 Å². The van der Waals surface area contributed by atoms with Gasteiger partial charge >= 0.3 is 5.97 Å². The molecule has 3 aliphatic rings. The zero-order chi connectivity index (χ0) is 21.7. The molecule has 1 N–H and O–H groups in total. The monoisotopic (exact) mass is 462 g/mol. The number of nitrogens with zero attached hydrogens (tertiary/aromatic N) is 1. The van der Waals surface area contributed by atoms with E-state index in [1.54, 1.807) is 0 Å². The van der Waals surface area contributed by atoms with E-state index in [2.05, 4.69) is 24.4 Å². The van der Waals surface area contributed by atoms with E-state index in [4.69, 9.17) is 4.74 Å². The van der Waals surface area contributed by atoms with Crippen molar-refractivity contribution in [3.05, 3.63) is 44.8 Å². The lowest BCUT2D eigenvalue weighted by molar-refractivity contribution is -0.946. The summed E-state index contributed by atoms with van der Waals surface area (Å²) in [5, 5.41) is 15.5. The van der Waals surface area contributed by atoms with Crippen LogP contribution in [-0.2, 0) is 21.6 Å². The number of carbonyl (C=O) groups excluding carboxylic acids is 1. The molecule has 4 nitrogen and oxygen atoms in total. The minimum absolute atomic E-state index is 0.0607. The lowest BCUT2D eigenvalue weighted by Crippen LogP contribution is -2.65. The summed E-state index contributed by atoms with van der Waals surface area (Å²) in [4.78, 5) is 15.5. The number of esters is 1. The summed E-state index contributed by atoms with van der Waals surface area (Å²) in [7, 11) is 0. The molecule has 1 unspecified atom stereocenters. The Morgan fingerprint density at radius 3 is 2.61 bits per heavy atom. The van der Waals surface area contributed by atoms with Crippen molar-refractivity contribution in [1.82, 2.24) is 0 Å². The molecule has 2 aromatic heterocycles. The highest BCUT2D eigenvalue weighted by molar-refractivity contribution is 7.10. The summed E-state index contributed by atoms with van der Waals surface area (Å²) in [6.45, 7) is 6.61. The first-order chi connectivity index (χ1) is 15.0. The van der Waals surface area contributed by atoms with Gasteiger partial charge in [-0.25, -0.2) is 4.79 Å². The average Bonchev–Trinajstić information content (AvgIpc) is 3.49. The van der Waals surface area contributed by atoms with Crippen LogP contribution in [0.15, 0.2) is 35.0 Å². The van der Waals surface area contributed by atoms with Gasteiger partial charge in [0.2, 0.25) is 0 Å². The summed E-state index contributed by atoms with van der Waals surface area (Å²) in [6, 6.07) is 8.12. The zero-order valence-electron chi connectivity index (χ0n) is 18.6. The Labute approximate surface area is 194 Å². The van der Waals surface area contributed by atoms with E-state index in [1.807, 2.05) is 28.8 Å². The van der Waals surface area contributed by atoms with Crippen molar-refractivity contribution in [2.24, 2.45) is 5.92 Å². The lowest BCUT2D eigenvalue weighted by Gasteiger charge is -2.52. The molecule has 0 amide bonds. The number of aryl methyl sites for hydroxylation is 1. The molecule has 0 radical (unpaired) electrons. The number of carbonyl (C=O) groups is 1. The molecule has 0 saturated carbocycles. The molecule has 3 fully saturated rings. The highest BCUT2D eigenvalue weighted by Crippen LogP contribution is 2.39. The molecule has 3 aliphatic heterocycles. The Kier molecular flexibility index (Phi) is 7.52. The van der Waals surface area contributed by atoms with Crippen LogP contribution in [0.2, 0.25) is 0 Å². The van der Waals surface area contributed by atoms with Crippen molar-refractivity contribution in [2.45, 2.75) is 70.0 Å². The highest BCUT2D eigenvalue weighted by Gasteiger charge is 2.49. The second-order valence-electron chi connectivity index (χ2n) is 9.45. The smallest absolute Gasteiger partial charge is 0.344 e. The predicted octanol–water partition coefficient (Wildman–Crippen LogP) is 5.36. The SMILES string of the molecule is CCCCCC(O)(C(=O)O[C@H]1C[N+]2(CCCc3cccs3)CCC1CC2)c1cccs1. The van der Waals surface area contributed by atoms with Crippen molar-refractivity contribution in [1.29, 1.82) is 0 Å². The van der Waals surface area contributed by atoms with Crippen LogP contribution in [0, 0.1) is 5.92 Å². The topological polar surface area (TPSA) is 46.5 Å². The van der Waals surface area contributed by atoms with Gasteiger partial charge in [0, 0.05) is 34.9 Å². The van der Waals surface area contributed by atoms with E-state index in [0.717, 1.165) is 61.0 Å². The van der Waals surface area contributed by atoms with Crippen LogP contribution in [0.5, 0.6) is 0 Å². The van der Waals surface area contributed by atoms with Gasteiger partial charge in [-0.1, -0.05) is 31.9 Å². The molecule has 5 heterocycles. The Bertz CT molecular complexity index is 812. The molecule has 2 bridgehead atoms. The van der Waals surface area contributed by atoms with Crippen LogP contribution in [0.25, 0.3) is 0 Å². The van der Waals surface area contributed by atoms with E-state index in [0.29, 0.717) is 12.3 Å². The molecule has 170 valence electrons. The van der Waals surface area contributed by atoms with Crippen molar-refractivity contribution < 1.29 is 19.1 Å². The molecule has 0 aromatic carbocycles. The largest absolute Gasteiger partial charge is 0.454 e. The number of piperidine rings is 3. The first kappa shape index (κ1) is 23.0. The van der Waals surface area contributed by atoms with E-state index in [1.165, 1.54) is 35.7 Å². The van der Waals surface area contributed by atoms with Gasteiger partial charge in [-0.05, 0) is 42.2 Å². The fourth-order valence-corrected chi connectivity index (χ4v) is 7.01. The van der Waals surface area contributed by atoms with Crippen molar-refractivity contribution in [3.8, 4) is 0 Å². The number of unbranched alkanes of at least 4 members (excludes halogenated alkanes) is 2. The number of quaternary nitrogens is 1. The molecule has 3 saturated heterocycles. The maximum absolute atomic E-state index is 13.3. The summed E-state index contributed by atoms with van der Waals surface area (Å²) >= 11 is 3.29. The highest BCUT2D eigenvalue weighted by atomic mass is 32.1. The maximum atomic E-state index is 13.3. The Balaban J connectivity index is 1.39. The van der Waals surface area contributed by atoms with Crippen LogP contribution in [-0.4, -0.2) is 47.8 Å². The maximum Gasteiger partial charge on any atom is 0.344 e. The molecule has 2 atom stereocenters. The van der Waals surface area contributed by atoms with E-state index in [-0.39, 0.29) is 6.10 Å². The molecule has 6 heteroatoms. The molecule has 5 rings (SSSR count). The number of rotatable bonds is 11. The minimum atomic E-state index is -1.50. The number of ether oxygens (including phenoxy) is 1. The summed E-state index contributed by atoms with van der Waals surface area (Å²) in [5.74, 6) is 0.0195. The molecule has 0 spiro atoms. The minimum Gasteiger partial charge on any atom is -0.454 e. The van der Waals surface area contributed by atoms with Crippen LogP contribution in [0.3, 0.4) is 0 Å². The molecule has 31 heavy (non-hydrogen) atoms. The third-order valence-electron chi connectivity index (χ3n) is 7.34. The van der Waals surface area contributed by atoms with Gasteiger partial charge in [-0.3, -0.25) is 0 Å². The summed E-state index contributed by atoms with van der Waals surface area (Å²) < 4.78 is 7.20. The third kappa shape index (κ3) is 5.24. The van der Waals surface area contributed by atoms with Crippen LogP contribution < -0.4 is 0 Å². The van der Waals surface area contributed by atoms with Gasteiger partial charge in [0.15, 0.2) is 11.7 Å². The van der Waals surface area contributed by atoms with Gasteiger partial charge < -0.3 is 14.3 Å². The second kappa shape index (κ2) is 10.2. The normalized spacial score (nSPS) is 27.2. The molecular weight excluding hydrogens is 426 g/mol. The van der Waals surface area contributed by atoms with E-state index < -0.39 is 11.6 Å². The second-order valence-corrected chi connectivity index (χ2v) is 11.4. The standard InChI is InChI=1S/C25H36NO3S2/c1-2-3-4-13-25(28,23-10-7-18-31-23)24(27)29-22-19-26(15-11-20(22)12-16-26)14-5-8-21-9-6-17-30-21/h6-7,9-10,17-18,20,22,28H,2-5,8,11-16,19H2,1H3/q+1/t20?,22-,25?,26?/m0/s1. The van der Waals surface area contributed by atoms with Gasteiger partial charge in [-0.15, -0.1) is 22.7 Å². The summed E-state index contributed by atoms with van der Waals surface area (Å²) in [5.41, 5.74) is -1.50. The molecular formula is C25H36NO3S2+. The first-order valence-corrected chi connectivity index (χ1v) is 13.7. The van der Waals surface area contributed by atoms with Crippen molar-refractivity contribution in [3.63, 3.8) is 0 Å². The van der Waals surface area contributed by atoms with Crippen LogP contribution in [0.4, 0.5) is 0 Å². The fraction of sp³-hybridized carbons (Fsp3) is 0.640. The van der Waals surface area contributed by atoms with Crippen molar-refractivity contribution >= 4 is 28.6 Å². The first-order valence-electron chi connectivity index (χ1n) is 11.9. The summed E-state index contributed by atoms with van der Waals surface area (Å²) in [6.07, 6.45) is 7.87. The zero-order valence-corrected chi connectivity index (χ0v) is 20.3.